The average molecular weight is 409 g/mol. The van der Waals surface area contributed by atoms with Crippen LogP contribution in [0.2, 0.25) is 0 Å². The van der Waals surface area contributed by atoms with E-state index in [4.69, 9.17) is 9.47 Å². The molecule has 0 saturated carbocycles. The highest BCUT2D eigenvalue weighted by atomic mass is 16.7. The topological polar surface area (TPSA) is 88.7 Å². The molecule has 158 valence electrons. The number of ether oxygens (including phenoxy) is 2. The van der Waals surface area contributed by atoms with Crippen LogP contribution in [0.1, 0.15) is 31.4 Å². The van der Waals surface area contributed by atoms with Crippen molar-refractivity contribution in [1.29, 1.82) is 0 Å². The number of hydrogen-bond donors (Lipinski definition) is 3. The minimum atomic E-state index is -0.633. The molecule has 0 unspecified atom stereocenters. The maximum atomic E-state index is 13.0. The number of nitrogens with one attached hydrogen (secondary N) is 3. The van der Waals surface area contributed by atoms with Crippen molar-refractivity contribution in [3.63, 3.8) is 0 Å². The van der Waals surface area contributed by atoms with E-state index < -0.39 is 6.04 Å². The molecule has 2 aromatic carbocycles. The lowest BCUT2D eigenvalue weighted by Crippen LogP contribution is -2.55. The van der Waals surface area contributed by atoms with Crippen LogP contribution < -0.4 is 25.4 Å². The second-order valence-corrected chi connectivity index (χ2v) is 7.84. The lowest BCUT2D eigenvalue weighted by molar-refractivity contribution is -0.129. The molecule has 3 N–H and O–H groups in total. The third-order valence-corrected chi connectivity index (χ3v) is 5.83. The van der Waals surface area contributed by atoms with Gasteiger partial charge in [-0.1, -0.05) is 44.5 Å². The molecular weight excluding hydrogens is 382 g/mol. The Kier molecular flexibility index (Phi) is 5.90. The number of carbonyl (C=O) groups is 2. The summed E-state index contributed by atoms with van der Waals surface area (Å²) in [6, 6.07) is 12.4. The molecule has 30 heavy (non-hydrogen) atoms. The molecule has 3 atom stereocenters. The highest BCUT2D eigenvalue weighted by molar-refractivity contribution is 5.98. The van der Waals surface area contributed by atoms with Crippen LogP contribution in [-0.4, -0.2) is 30.7 Å². The summed E-state index contributed by atoms with van der Waals surface area (Å²) < 4.78 is 10.7. The number of amides is 2. The molecule has 7 nitrogen and oxygen atoms in total. The van der Waals surface area contributed by atoms with Crippen molar-refractivity contribution in [2.75, 3.05) is 12.1 Å². The van der Waals surface area contributed by atoms with Crippen LogP contribution in [0.3, 0.4) is 0 Å². The van der Waals surface area contributed by atoms with Crippen molar-refractivity contribution >= 4 is 17.5 Å². The van der Waals surface area contributed by atoms with Crippen LogP contribution in [0.15, 0.2) is 42.5 Å². The number of rotatable bonds is 6. The van der Waals surface area contributed by atoms with Crippen LogP contribution >= 0.6 is 0 Å². The first-order chi connectivity index (χ1) is 14.5. The normalized spacial score (nSPS) is 18.8. The van der Waals surface area contributed by atoms with Gasteiger partial charge in [0, 0.05) is 18.3 Å². The van der Waals surface area contributed by atoms with Crippen molar-refractivity contribution < 1.29 is 19.1 Å². The van der Waals surface area contributed by atoms with E-state index in [1.54, 1.807) is 18.2 Å². The van der Waals surface area contributed by atoms with Crippen molar-refractivity contribution in [2.45, 2.75) is 45.3 Å². The van der Waals surface area contributed by atoms with E-state index in [2.05, 4.69) is 28.1 Å². The first kappa shape index (κ1) is 20.2. The Balaban J connectivity index is 1.43. The second-order valence-electron chi connectivity index (χ2n) is 7.84. The Hall–Kier alpha value is -3.06. The summed E-state index contributed by atoms with van der Waals surface area (Å²) >= 11 is 0. The third-order valence-electron chi connectivity index (χ3n) is 5.83. The average Bonchev–Trinajstić information content (AvgIpc) is 3.24. The van der Waals surface area contributed by atoms with Gasteiger partial charge in [0.1, 0.15) is 6.04 Å². The molecule has 4 rings (SSSR count). The summed E-state index contributed by atoms with van der Waals surface area (Å²) in [4.78, 5) is 26.0. The Labute approximate surface area is 176 Å². The first-order valence-electron chi connectivity index (χ1n) is 10.4. The Morgan fingerprint density at radius 3 is 2.70 bits per heavy atom. The fourth-order valence-corrected chi connectivity index (χ4v) is 3.79. The van der Waals surface area contributed by atoms with Gasteiger partial charge < -0.3 is 25.4 Å². The SMILES string of the molecule is CC[C@@H](C)[C@H](NC(=O)[C@@H]1Cc2ccccc2CN1)C(=O)Nc1ccc2c(c1)OCO2. The molecule has 0 spiro atoms. The van der Waals surface area contributed by atoms with E-state index in [1.165, 1.54) is 11.1 Å². The molecule has 2 amide bonds. The molecule has 2 aliphatic heterocycles. The predicted molar refractivity (Wildman–Crippen MR) is 113 cm³/mol. The fraction of sp³-hybridized carbons (Fsp3) is 0.391. The van der Waals surface area contributed by atoms with Gasteiger partial charge in [0.15, 0.2) is 11.5 Å². The molecule has 0 aliphatic carbocycles. The highest BCUT2D eigenvalue weighted by Crippen LogP contribution is 2.34. The summed E-state index contributed by atoms with van der Waals surface area (Å²) in [6.45, 7) is 4.79. The van der Waals surface area contributed by atoms with Crippen LogP contribution in [0.25, 0.3) is 0 Å². The zero-order valence-corrected chi connectivity index (χ0v) is 17.2. The zero-order valence-electron chi connectivity index (χ0n) is 17.2. The number of anilines is 1. The van der Waals surface area contributed by atoms with Crippen molar-refractivity contribution in [3.8, 4) is 11.5 Å². The van der Waals surface area contributed by atoms with E-state index in [0.29, 0.717) is 30.2 Å². The van der Waals surface area contributed by atoms with Gasteiger partial charge in [0.25, 0.3) is 0 Å². The minimum Gasteiger partial charge on any atom is -0.454 e. The summed E-state index contributed by atoms with van der Waals surface area (Å²) in [6.07, 6.45) is 1.37. The lowest BCUT2D eigenvalue weighted by atomic mass is 9.94. The minimum absolute atomic E-state index is 0.0150. The molecule has 7 heteroatoms. The van der Waals surface area contributed by atoms with Crippen LogP contribution in [-0.2, 0) is 22.6 Å². The van der Waals surface area contributed by atoms with Gasteiger partial charge in [0.05, 0.1) is 6.04 Å². The smallest absolute Gasteiger partial charge is 0.247 e. The molecule has 2 aliphatic rings. The van der Waals surface area contributed by atoms with Crippen LogP contribution in [0.5, 0.6) is 11.5 Å². The molecule has 0 fully saturated rings. The monoisotopic (exact) mass is 409 g/mol. The molecule has 0 radical (unpaired) electrons. The molecule has 0 bridgehead atoms. The van der Waals surface area contributed by atoms with Crippen molar-refractivity contribution in [1.82, 2.24) is 10.6 Å². The van der Waals surface area contributed by atoms with E-state index in [9.17, 15) is 9.59 Å². The third kappa shape index (κ3) is 4.26. The highest BCUT2D eigenvalue weighted by Gasteiger charge is 2.31. The summed E-state index contributed by atoms with van der Waals surface area (Å²) in [5, 5.41) is 9.15. The van der Waals surface area contributed by atoms with Crippen molar-refractivity contribution in [2.24, 2.45) is 5.92 Å². The van der Waals surface area contributed by atoms with E-state index in [1.807, 2.05) is 26.0 Å². The summed E-state index contributed by atoms with van der Waals surface area (Å²) in [5.41, 5.74) is 2.98. The number of carbonyl (C=O) groups excluding carboxylic acids is 2. The summed E-state index contributed by atoms with van der Waals surface area (Å²) in [5.74, 6) is 0.840. The zero-order chi connectivity index (χ0) is 21.1. The second kappa shape index (κ2) is 8.75. The molecule has 0 aromatic heterocycles. The van der Waals surface area contributed by atoms with E-state index in [-0.39, 0.29) is 30.6 Å². The number of benzene rings is 2. The van der Waals surface area contributed by atoms with Gasteiger partial charge in [-0.05, 0) is 35.6 Å². The van der Waals surface area contributed by atoms with E-state index >= 15 is 0 Å². The number of fused-ring (bicyclic) bond motifs is 2. The van der Waals surface area contributed by atoms with Gasteiger partial charge >= 0.3 is 0 Å². The molecule has 0 saturated heterocycles. The Bertz CT molecular complexity index is 946. The van der Waals surface area contributed by atoms with Gasteiger partial charge in [-0.15, -0.1) is 0 Å². The maximum Gasteiger partial charge on any atom is 0.247 e. The predicted octanol–water partition coefficient (Wildman–Crippen LogP) is 2.60. The van der Waals surface area contributed by atoms with Gasteiger partial charge in [-0.2, -0.15) is 0 Å². The lowest BCUT2D eigenvalue weighted by Gasteiger charge is -2.29. The van der Waals surface area contributed by atoms with Gasteiger partial charge in [-0.3, -0.25) is 9.59 Å². The molecule has 2 aromatic rings. The maximum absolute atomic E-state index is 13.0. The van der Waals surface area contributed by atoms with Crippen LogP contribution in [0, 0.1) is 5.92 Å². The van der Waals surface area contributed by atoms with Crippen LogP contribution in [0.4, 0.5) is 5.69 Å². The van der Waals surface area contributed by atoms with Gasteiger partial charge in [-0.25, -0.2) is 0 Å². The Morgan fingerprint density at radius 1 is 1.13 bits per heavy atom. The van der Waals surface area contributed by atoms with Crippen molar-refractivity contribution in [3.05, 3.63) is 53.6 Å². The molecule has 2 heterocycles. The van der Waals surface area contributed by atoms with Gasteiger partial charge in [0.2, 0.25) is 18.6 Å². The summed E-state index contributed by atoms with van der Waals surface area (Å²) in [7, 11) is 0. The fourth-order valence-electron chi connectivity index (χ4n) is 3.79. The quantitative estimate of drug-likeness (QED) is 0.683. The standard InChI is InChI=1S/C23H27N3O4/c1-3-14(2)21(23(28)25-17-8-9-19-20(11-17)30-13-29-19)26-22(27)18-10-15-6-4-5-7-16(15)12-24-18/h4-9,11,14,18,21,24H,3,10,12-13H2,1-2H3,(H,25,28)(H,26,27)/t14-,18+,21+/m1/s1. The van der Waals surface area contributed by atoms with E-state index in [0.717, 1.165) is 6.42 Å². The Morgan fingerprint density at radius 2 is 1.90 bits per heavy atom. The molecular formula is C23H27N3O4. The largest absolute Gasteiger partial charge is 0.454 e. The number of hydrogen-bond acceptors (Lipinski definition) is 5. The first-order valence-corrected chi connectivity index (χ1v) is 10.4.